The second kappa shape index (κ2) is 42.8. The summed E-state index contributed by atoms with van der Waals surface area (Å²) in [6, 6.07) is 0. The van der Waals surface area contributed by atoms with Crippen LogP contribution in [0.1, 0.15) is 251 Å². The lowest BCUT2D eigenvalue weighted by atomic mass is 10.0. The normalized spacial score (nSPS) is 12.3. The molecule has 1 unspecified atom stereocenters. The van der Waals surface area contributed by atoms with Gasteiger partial charge in [0.05, 0.1) is 18.9 Å². The van der Waals surface area contributed by atoms with Gasteiger partial charge in [0, 0.05) is 0 Å². The number of carbonyl (C=O) groups excluding carboxylic acids is 2. The zero-order valence-electron chi connectivity index (χ0n) is 34.1. The molecule has 0 aromatic heterocycles. The number of hydrogen-bond donors (Lipinski definition) is 1. The topological polar surface area (TPSA) is 72.8 Å². The molecule has 0 aromatic rings. The first kappa shape index (κ1) is 49.4. The molecule has 0 aromatic carbocycles. The van der Waals surface area contributed by atoms with Gasteiger partial charge in [0.15, 0.2) is 6.10 Å². The van der Waals surface area contributed by atoms with Crippen LogP contribution in [0.4, 0.5) is 0 Å². The van der Waals surface area contributed by atoms with Crippen LogP contribution in [0.2, 0.25) is 0 Å². The molecule has 0 aliphatic heterocycles. The minimum Gasteiger partial charge on any atom is -0.435 e. The van der Waals surface area contributed by atoms with Crippen molar-refractivity contribution in [3.05, 3.63) is 24.7 Å². The molecule has 5 nitrogen and oxygen atoms in total. The zero-order chi connectivity index (χ0) is 37.1. The predicted octanol–water partition coefficient (Wildman–Crippen LogP) is 14.9. The number of hydrogen-bond acceptors (Lipinski definition) is 5. The van der Waals surface area contributed by atoms with Crippen LogP contribution in [-0.2, 0) is 19.1 Å². The maximum atomic E-state index is 12.0. The standard InChI is InChI=1S/C46H86O5/c1-3-5-7-9-11-13-15-17-19-21-23-25-27-29-31-33-35-37-39-41-50-45(48)43-44(47)46(49)51-42-40-38-36-34-32-30-28-26-24-22-20-18-16-14-12-10-8-6-4-2/h39-42,44,47H,3-38,43H2,1-2H3/b41-39+,42-40+. The van der Waals surface area contributed by atoms with Gasteiger partial charge < -0.3 is 14.6 Å². The highest BCUT2D eigenvalue weighted by molar-refractivity contribution is 5.82. The molecule has 0 amide bonds. The van der Waals surface area contributed by atoms with E-state index in [1.54, 1.807) is 0 Å². The first-order valence-corrected chi connectivity index (χ1v) is 22.5. The molecule has 1 atom stereocenters. The maximum absolute atomic E-state index is 12.0. The van der Waals surface area contributed by atoms with Crippen molar-refractivity contribution in [3.8, 4) is 0 Å². The Labute approximate surface area is 317 Å². The molecule has 0 heterocycles. The lowest BCUT2D eigenvalue weighted by Gasteiger charge is -2.06. The molecule has 0 bridgehead atoms. The second-order valence-corrected chi connectivity index (χ2v) is 15.3. The van der Waals surface area contributed by atoms with Gasteiger partial charge in [-0.2, -0.15) is 0 Å². The Morgan fingerprint density at radius 3 is 0.961 bits per heavy atom. The number of aliphatic hydroxyl groups excluding tert-OH is 1. The van der Waals surface area contributed by atoms with Crippen molar-refractivity contribution in [1.29, 1.82) is 0 Å². The van der Waals surface area contributed by atoms with E-state index in [0.29, 0.717) is 0 Å². The summed E-state index contributed by atoms with van der Waals surface area (Å²) in [6.45, 7) is 4.56. The Balaban J connectivity index is 3.46. The Kier molecular flexibility index (Phi) is 41.4. The highest BCUT2D eigenvalue weighted by atomic mass is 16.5. The summed E-state index contributed by atoms with van der Waals surface area (Å²) in [5.74, 6) is -1.45. The summed E-state index contributed by atoms with van der Waals surface area (Å²) < 4.78 is 10.0. The number of aliphatic hydroxyl groups is 1. The van der Waals surface area contributed by atoms with Crippen LogP contribution in [0.25, 0.3) is 0 Å². The Hall–Kier alpha value is -1.62. The van der Waals surface area contributed by atoms with Crippen molar-refractivity contribution >= 4 is 11.9 Å². The number of esters is 2. The van der Waals surface area contributed by atoms with E-state index in [-0.39, 0.29) is 0 Å². The largest absolute Gasteiger partial charge is 0.435 e. The van der Waals surface area contributed by atoms with Crippen LogP contribution < -0.4 is 0 Å². The van der Waals surface area contributed by atoms with Gasteiger partial charge in [-0.05, 0) is 37.8 Å². The van der Waals surface area contributed by atoms with Crippen molar-refractivity contribution in [2.45, 2.75) is 258 Å². The fourth-order valence-corrected chi connectivity index (χ4v) is 6.72. The van der Waals surface area contributed by atoms with Crippen LogP contribution in [0, 0.1) is 0 Å². The first-order valence-electron chi connectivity index (χ1n) is 22.5. The van der Waals surface area contributed by atoms with Crippen LogP contribution in [0.3, 0.4) is 0 Å². The van der Waals surface area contributed by atoms with Gasteiger partial charge in [0.25, 0.3) is 0 Å². The first-order chi connectivity index (χ1) is 25.1. The summed E-state index contributed by atoms with van der Waals surface area (Å²) in [5, 5.41) is 9.98. The van der Waals surface area contributed by atoms with Crippen LogP contribution >= 0.6 is 0 Å². The summed E-state index contributed by atoms with van der Waals surface area (Å²) in [7, 11) is 0. The van der Waals surface area contributed by atoms with Crippen molar-refractivity contribution in [3.63, 3.8) is 0 Å². The fourth-order valence-electron chi connectivity index (χ4n) is 6.72. The van der Waals surface area contributed by atoms with Gasteiger partial charge in [-0.3, -0.25) is 4.79 Å². The SMILES string of the molecule is CCCCCCCCCCCCCCCCCCC/C=C/OC(=O)CC(O)C(=O)O/C=C/CCCCCCCCCCCCCCCCCCC. The lowest BCUT2D eigenvalue weighted by molar-refractivity contribution is -0.153. The van der Waals surface area contributed by atoms with Crippen molar-refractivity contribution < 1.29 is 24.2 Å². The van der Waals surface area contributed by atoms with Gasteiger partial charge in [-0.1, -0.05) is 219 Å². The van der Waals surface area contributed by atoms with Gasteiger partial charge in [0.1, 0.15) is 0 Å². The Morgan fingerprint density at radius 2 is 0.667 bits per heavy atom. The average molecular weight is 719 g/mol. The van der Waals surface area contributed by atoms with Gasteiger partial charge in [-0.25, -0.2) is 4.79 Å². The monoisotopic (exact) mass is 719 g/mol. The smallest absolute Gasteiger partial charge is 0.340 e. The van der Waals surface area contributed by atoms with E-state index in [0.717, 1.165) is 25.7 Å². The van der Waals surface area contributed by atoms with E-state index in [1.165, 1.54) is 218 Å². The number of rotatable bonds is 41. The van der Waals surface area contributed by atoms with Gasteiger partial charge >= 0.3 is 11.9 Å². The molecule has 0 rings (SSSR count). The van der Waals surface area contributed by atoms with Crippen molar-refractivity contribution in [2.24, 2.45) is 0 Å². The van der Waals surface area contributed by atoms with Crippen LogP contribution in [0.5, 0.6) is 0 Å². The van der Waals surface area contributed by atoms with E-state index in [2.05, 4.69) is 13.8 Å². The summed E-state index contributed by atoms with van der Waals surface area (Å²) in [5.41, 5.74) is 0. The average Bonchev–Trinajstić information content (AvgIpc) is 3.13. The third-order valence-corrected chi connectivity index (χ3v) is 10.2. The molecule has 300 valence electrons. The molecule has 0 aliphatic rings. The molecule has 5 heteroatoms. The molecular formula is C46H86O5. The van der Waals surface area contributed by atoms with Gasteiger partial charge in [-0.15, -0.1) is 0 Å². The minimum atomic E-state index is -1.51. The molecular weight excluding hydrogens is 633 g/mol. The predicted molar refractivity (Wildman–Crippen MR) is 219 cm³/mol. The van der Waals surface area contributed by atoms with E-state index in [9.17, 15) is 14.7 Å². The second-order valence-electron chi connectivity index (χ2n) is 15.3. The van der Waals surface area contributed by atoms with E-state index in [4.69, 9.17) is 9.47 Å². The fraction of sp³-hybridized carbons (Fsp3) is 0.870. The van der Waals surface area contributed by atoms with Crippen LogP contribution in [-0.4, -0.2) is 23.1 Å². The highest BCUT2D eigenvalue weighted by Gasteiger charge is 2.20. The third kappa shape index (κ3) is 41.0. The summed E-state index contributed by atoms with van der Waals surface area (Å²) >= 11 is 0. The van der Waals surface area contributed by atoms with E-state index < -0.39 is 24.5 Å². The van der Waals surface area contributed by atoms with Gasteiger partial charge in [0.2, 0.25) is 0 Å². The molecule has 51 heavy (non-hydrogen) atoms. The Bertz CT molecular complexity index is 776. The lowest BCUT2D eigenvalue weighted by Crippen LogP contribution is -2.25. The molecule has 0 saturated carbocycles. The molecule has 0 saturated heterocycles. The van der Waals surface area contributed by atoms with Crippen molar-refractivity contribution in [2.75, 3.05) is 0 Å². The molecule has 0 aliphatic carbocycles. The minimum absolute atomic E-state index is 0.407. The molecule has 0 radical (unpaired) electrons. The maximum Gasteiger partial charge on any atom is 0.340 e. The molecule has 1 N–H and O–H groups in total. The summed E-state index contributed by atoms with van der Waals surface area (Å²) in [6.07, 6.45) is 52.1. The summed E-state index contributed by atoms with van der Waals surface area (Å²) in [4.78, 5) is 23.9. The number of ether oxygens (including phenoxy) is 2. The van der Waals surface area contributed by atoms with Crippen LogP contribution in [0.15, 0.2) is 24.7 Å². The quantitative estimate of drug-likeness (QED) is 0.0387. The highest BCUT2D eigenvalue weighted by Crippen LogP contribution is 2.16. The third-order valence-electron chi connectivity index (χ3n) is 10.2. The number of allylic oxidation sites excluding steroid dienone is 2. The number of unbranched alkanes of at least 4 members (excludes halogenated alkanes) is 34. The van der Waals surface area contributed by atoms with E-state index in [1.807, 2.05) is 12.2 Å². The Morgan fingerprint density at radius 1 is 0.412 bits per heavy atom. The van der Waals surface area contributed by atoms with E-state index >= 15 is 0 Å². The number of carbonyl (C=O) groups is 2. The zero-order valence-corrected chi connectivity index (χ0v) is 34.1. The molecule has 0 fully saturated rings. The van der Waals surface area contributed by atoms with Crippen molar-refractivity contribution in [1.82, 2.24) is 0 Å². The molecule has 0 spiro atoms.